The number of carboxylic acid groups (broad SMARTS) is 1. The van der Waals surface area contributed by atoms with Crippen molar-refractivity contribution < 1.29 is 38.1 Å². The summed E-state index contributed by atoms with van der Waals surface area (Å²) < 4.78 is 29.9. The standard InChI is InChI=1S/C51H55ClFN7O7/c1-29-45(30(2)58(4)56-29)46-40(52)20-19-37-36(11-8-24-66-42-13-5-9-31-25-32(53)15-18-35(31)42)48(51(64)65)59(47(37)46)23-21-34-17-16-33(26-57(34)3)55-44(61)28-67-43-14-6-10-38-39(43)27-60(50(38)63)41-12-7-22-54-49(41)62/h5-6,9-10,13-15,18-20,25,33-34,41H,7-8,11-12,16-17,21-24,26-28H2,1-4H3,(H,54,62)(H,55,61)(H,64,65). The molecule has 3 amide bonds. The predicted octanol–water partition coefficient (Wildman–Crippen LogP) is 7.60. The van der Waals surface area contributed by atoms with Gasteiger partial charge in [-0.05, 0) is 119 Å². The number of carboxylic acids is 1. The van der Waals surface area contributed by atoms with E-state index in [4.69, 9.17) is 26.2 Å². The Morgan fingerprint density at radius 3 is 2.52 bits per heavy atom. The number of hydrogen-bond acceptors (Lipinski definition) is 8. The number of hydrogen-bond donors (Lipinski definition) is 3. The lowest BCUT2D eigenvalue weighted by atomic mass is 9.96. The van der Waals surface area contributed by atoms with E-state index in [-0.39, 0.29) is 54.5 Å². The molecular formula is C51H55ClFN7O7. The number of rotatable bonds is 15. The Kier molecular flexibility index (Phi) is 13.0. The van der Waals surface area contributed by atoms with Gasteiger partial charge in [0.2, 0.25) is 5.91 Å². The summed E-state index contributed by atoms with van der Waals surface area (Å²) in [5, 5.41) is 24.5. The number of halogens is 2. The third-order valence-corrected chi connectivity index (χ3v) is 14.2. The van der Waals surface area contributed by atoms with E-state index in [1.807, 2.05) is 67.5 Å². The van der Waals surface area contributed by atoms with E-state index in [2.05, 4.69) is 15.5 Å². The molecule has 0 spiro atoms. The Morgan fingerprint density at radius 2 is 1.76 bits per heavy atom. The van der Waals surface area contributed by atoms with Crippen molar-refractivity contribution in [3.63, 3.8) is 0 Å². The first-order chi connectivity index (χ1) is 32.3. The van der Waals surface area contributed by atoms with E-state index in [0.717, 1.165) is 57.0 Å². The fourth-order valence-corrected chi connectivity index (χ4v) is 10.8. The molecular weight excluding hydrogens is 877 g/mol. The third kappa shape index (κ3) is 8.94. The maximum atomic E-state index is 14.0. The topological polar surface area (TPSA) is 160 Å². The van der Waals surface area contributed by atoms with E-state index in [0.29, 0.717) is 91.6 Å². The Morgan fingerprint density at radius 1 is 0.970 bits per heavy atom. The second kappa shape index (κ2) is 19.0. The number of aromatic nitrogens is 3. The minimum atomic E-state index is -1.03. The summed E-state index contributed by atoms with van der Waals surface area (Å²) in [6.07, 6.45) is 4.48. The lowest BCUT2D eigenvalue weighted by Crippen LogP contribution is -2.51. The van der Waals surface area contributed by atoms with Crippen LogP contribution in [0.15, 0.2) is 66.7 Å². The van der Waals surface area contributed by atoms with Gasteiger partial charge in [-0.15, -0.1) is 0 Å². The molecule has 0 radical (unpaired) electrons. The molecule has 3 unspecified atom stereocenters. The molecule has 16 heteroatoms. The van der Waals surface area contributed by atoms with E-state index >= 15 is 0 Å². The first-order valence-electron chi connectivity index (χ1n) is 23.0. The monoisotopic (exact) mass is 931 g/mol. The number of fused-ring (bicyclic) bond motifs is 3. The number of nitrogens with one attached hydrogen (secondary N) is 2. The number of likely N-dealkylation sites (N-methyl/N-ethyl adjacent to an activating group) is 1. The zero-order chi connectivity index (χ0) is 47.1. The SMILES string of the molecule is Cc1nn(C)c(C)c1-c1c(Cl)ccc2c(CCCOc3cccc4cc(F)ccc34)c(C(=O)O)n(CCC3CCC(NC(=O)COc4cccc5c4CN(C4CCCNC4=O)C5=O)CN3C)c12. The van der Waals surface area contributed by atoms with Crippen molar-refractivity contribution in [3.05, 3.63) is 111 Å². The molecule has 5 heterocycles. The number of nitrogens with zero attached hydrogens (tertiary/aromatic N) is 5. The molecule has 4 aromatic carbocycles. The van der Waals surface area contributed by atoms with Crippen LogP contribution < -0.4 is 20.1 Å². The molecule has 3 atom stereocenters. The van der Waals surface area contributed by atoms with Crippen LogP contribution in [0.3, 0.4) is 0 Å². The minimum Gasteiger partial charge on any atom is -0.493 e. The maximum absolute atomic E-state index is 14.0. The molecule has 3 aliphatic heterocycles. The van der Waals surface area contributed by atoms with Gasteiger partial charge in [0.25, 0.3) is 11.8 Å². The molecule has 14 nitrogen and oxygen atoms in total. The van der Waals surface area contributed by atoms with Gasteiger partial charge in [-0.2, -0.15) is 5.10 Å². The van der Waals surface area contributed by atoms with Crippen molar-refractivity contribution in [2.45, 2.75) is 90.0 Å². The van der Waals surface area contributed by atoms with Crippen LogP contribution in [-0.4, -0.2) is 104 Å². The van der Waals surface area contributed by atoms with Crippen LogP contribution in [0.4, 0.5) is 4.39 Å². The smallest absolute Gasteiger partial charge is 0.352 e. The number of carbonyl (C=O) groups is 4. The second-order valence-corrected chi connectivity index (χ2v) is 18.4. The summed E-state index contributed by atoms with van der Waals surface area (Å²) in [7, 11) is 3.91. The number of benzene rings is 4. The van der Waals surface area contributed by atoms with E-state index < -0.39 is 12.0 Å². The number of aryl methyl sites for hydroxylation is 4. The highest BCUT2D eigenvalue weighted by molar-refractivity contribution is 6.35. The van der Waals surface area contributed by atoms with Crippen LogP contribution in [0.25, 0.3) is 32.8 Å². The summed E-state index contributed by atoms with van der Waals surface area (Å²) in [6.45, 7) is 5.85. The zero-order valence-electron chi connectivity index (χ0n) is 38.2. The first kappa shape index (κ1) is 45.7. The summed E-state index contributed by atoms with van der Waals surface area (Å²) in [5.74, 6) is -0.902. The van der Waals surface area contributed by atoms with Crippen molar-refractivity contribution in [2.24, 2.45) is 7.05 Å². The second-order valence-electron chi connectivity index (χ2n) is 18.0. The molecule has 350 valence electrons. The van der Waals surface area contributed by atoms with Crippen LogP contribution in [0.1, 0.15) is 81.9 Å². The highest BCUT2D eigenvalue weighted by atomic mass is 35.5. The average molecular weight is 932 g/mol. The van der Waals surface area contributed by atoms with Crippen molar-refractivity contribution >= 4 is 57.0 Å². The Balaban J connectivity index is 0.890. The Labute approximate surface area is 392 Å². The van der Waals surface area contributed by atoms with Crippen molar-refractivity contribution in [1.29, 1.82) is 0 Å². The fraction of sp³-hybridized carbons (Fsp3) is 0.392. The van der Waals surface area contributed by atoms with Gasteiger partial charge in [-0.1, -0.05) is 35.9 Å². The van der Waals surface area contributed by atoms with Crippen LogP contribution >= 0.6 is 11.6 Å². The van der Waals surface area contributed by atoms with Crippen LogP contribution in [0, 0.1) is 19.7 Å². The average Bonchev–Trinajstić information content (AvgIpc) is 3.90. The van der Waals surface area contributed by atoms with Gasteiger partial charge < -0.3 is 39.6 Å². The molecule has 3 N–H and O–H groups in total. The normalized spacial score (nSPS) is 18.7. The van der Waals surface area contributed by atoms with Crippen LogP contribution in [0.2, 0.25) is 5.02 Å². The maximum Gasteiger partial charge on any atom is 0.352 e. The van der Waals surface area contributed by atoms with Gasteiger partial charge in [0.15, 0.2) is 6.61 Å². The van der Waals surface area contributed by atoms with E-state index in [9.17, 15) is 28.7 Å². The van der Waals surface area contributed by atoms with Crippen LogP contribution in [0.5, 0.6) is 11.5 Å². The fourth-order valence-electron chi connectivity index (χ4n) is 10.5. The Hall–Kier alpha value is -6.45. The minimum absolute atomic E-state index is 0.0950. The van der Waals surface area contributed by atoms with Gasteiger partial charge in [0.05, 0.1) is 29.4 Å². The summed E-state index contributed by atoms with van der Waals surface area (Å²) >= 11 is 7.09. The highest BCUT2D eigenvalue weighted by Gasteiger charge is 2.39. The number of aromatic carboxylic acids is 1. The molecule has 2 saturated heterocycles. The van der Waals surface area contributed by atoms with Crippen molar-refractivity contribution in [1.82, 2.24) is 34.8 Å². The lowest BCUT2D eigenvalue weighted by Gasteiger charge is -2.37. The Bertz CT molecular complexity index is 2930. The number of likely N-dealkylation sites (tertiary alicyclic amines) is 1. The largest absolute Gasteiger partial charge is 0.493 e. The van der Waals surface area contributed by atoms with Gasteiger partial charge in [0.1, 0.15) is 29.1 Å². The quantitative estimate of drug-likeness (QED) is 0.0882. The van der Waals surface area contributed by atoms with Crippen molar-refractivity contribution in [2.75, 3.05) is 33.4 Å². The van der Waals surface area contributed by atoms with Gasteiger partial charge >= 0.3 is 5.97 Å². The number of carbonyl (C=O) groups excluding carboxylic acids is 3. The summed E-state index contributed by atoms with van der Waals surface area (Å²) in [4.78, 5) is 56.4. The van der Waals surface area contributed by atoms with Crippen LogP contribution in [-0.2, 0) is 36.1 Å². The van der Waals surface area contributed by atoms with E-state index in [1.54, 1.807) is 29.2 Å². The molecule has 0 saturated carbocycles. The number of ether oxygens (including phenoxy) is 2. The molecule has 9 rings (SSSR count). The van der Waals surface area contributed by atoms with Gasteiger partial charge in [-0.25, -0.2) is 9.18 Å². The van der Waals surface area contributed by atoms with Gasteiger partial charge in [-0.3, -0.25) is 19.1 Å². The highest BCUT2D eigenvalue weighted by Crippen LogP contribution is 2.43. The molecule has 6 aromatic rings. The predicted molar refractivity (Wildman–Crippen MR) is 253 cm³/mol. The van der Waals surface area contributed by atoms with Gasteiger partial charge in [0, 0.05) is 77.5 Å². The molecule has 0 bridgehead atoms. The lowest BCUT2D eigenvalue weighted by molar-refractivity contribution is -0.127. The summed E-state index contributed by atoms with van der Waals surface area (Å²) in [5.41, 5.74) is 6.14. The molecule has 2 fully saturated rings. The number of amides is 3. The molecule has 0 aliphatic carbocycles. The third-order valence-electron chi connectivity index (χ3n) is 13.8. The number of piperidine rings is 2. The molecule has 67 heavy (non-hydrogen) atoms. The molecule has 2 aromatic heterocycles. The zero-order valence-corrected chi connectivity index (χ0v) is 38.9. The van der Waals surface area contributed by atoms with Crippen molar-refractivity contribution in [3.8, 4) is 22.6 Å². The first-order valence-corrected chi connectivity index (χ1v) is 23.4. The summed E-state index contributed by atoms with van der Waals surface area (Å²) in [6, 6.07) is 18.5. The van der Waals surface area contributed by atoms with E-state index in [1.165, 1.54) is 12.1 Å². The molecule has 3 aliphatic rings.